The first kappa shape index (κ1) is 21.2. The molecule has 3 aromatic rings. The minimum Gasteiger partial charge on any atom is -0.352 e. The number of nitrogens with one attached hydrogen (secondary N) is 1. The van der Waals surface area contributed by atoms with Crippen LogP contribution < -0.4 is 5.32 Å². The number of likely N-dealkylation sites (tertiary alicyclic amines) is 1. The van der Waals surface area contributed by atoms with E-state index >= 15 is 0 Å². The molecule has 2 unspecified atom stereocenters. The Kier molecular flexibility index (Phi) is 6.18. The van der Waals surface area contributed by atoms with Crippen LogP contribution in [0.25, 0.3) is 11.3 Å². The van der Waals surface area contributed by atoms with Crippen LogP contribution in [0.15, 0.2) is 36.9 Å². The summed E-state index contributed by atoms with van der Waals surface area (Å²) in [5, 5.41) is 8.01. The largest absolute Gasteiger partial charge is 0.352 e. The van der Waals surface area contributed by atoms with Crippen LogP contribution in [-0.2, 0) is 7.05 Å². The van der Waals surface area contributed by atoms with Gasteiger partial charge in [-0.1, -0.05) is 18.5 Å². The van der Waals surface area contributed by atoms with Crippen molar-refractivity contribution in [2.75, 3.05) is 18.4 Å². The van der Waals surface area contributed by atoms with Gasteiger partial charge in [0.25, 0.3) is 5.91 Å². The zero-order valence-corrected chi connectivity index (χ0v) is 18.7. The van der Waals surface area contributed by atoms with Gasteiger partial charge in [0.15, 0.2) is 0 Å². The monoisotopic (exact) mass is 439 g/mol. The van der Waals surface area contributed by atoms with Crippen LogP contribution in [0.3, 0.4) is 0 Å². The maximum atomic E-state index is 13.8. The number of piperidine rings is 1. The lowest BCUT2D eigenvalue weighted by Gasteiger charge is -2.40. The standard InChI is InChI=1S/C22H26ClN7O/c1-14-5-4-8-30(20(14)13-27-22-25-10-16(23)11-26-22)21(31)17-9-15(2)24-12-18(17)19-6-7-28-29(19)3/h6-7,9-12,14,20H,4-5,8,13H2,1-3H3,(H,25,26,27). The molecular formula is C22H26ClN7O. The van der Waals surface area contributed by atoms with E-state index in [1.165, 1.54) is 0 Å². The van der Waals surface area contributed by atoms with Crippen molar-refractivity contribution < 1.29 is 4.79 Å². The smallest absolute Gasteiger partial charge is 0.254 e. The normalized spacial score (nSPS) is 18.8. The summed E-state index contributed by atoms with van der Waals surface area (Å²) in [7, 11) is 1.87. The van der Waals surface area contributed by atoms with Crippen molar-refractivity contribution in [1.82, 2.24) is 29.6 Å². The van der Waals surface area contributed by atoms with Crippen LogP contribution in [0, 0.1) is 12.8 Å². The summed E-state index contributed by atoms with van der Waals surface area (Å²) < 4.78 is 1.76. The van der Waals surface area contributed by atoms with Crippen LogP contribution >= 0.6 is 11.6 Å². The molecule has 0 aromatic carbocycles. The fourth-order valence-electron chi connectivity index (χ4n) is 4.15. The average molecular weight is 440 g/mol. The van der Waals surface area contributed by atoms with Gasteiger partial charge in [-0.15, -0.1) is 0 Å². The van der Waals surface area contributed by atoms with Crippen molar-refractivity contribution >= 4 is 23.5 Å². The SMILES string of the molecule is Cc1cc(C(=O)N2CCCC(C)C2CNc2ncc(Cl)cn2)c(-c2ccnn2C)cn1. The van der Waals surface area contributed by atoms with Gasteiger partial charge in [0, 0.05) is 43.8 Å². The third-order valence-corrected chi connectivity index (χ3v) is 6.03. The Morgan fingerprint density at radius 2 is 2.03 bits per heavy atom. The summed E-state index contributed by atoms with van der Waals surface area (Å²) in [5.74, 6) is 0.863. The molecule has 0 bridgehead atoms. The van der Waals surface area contributed by atoms with Gasteiger partial charge < -0.3 is 10.2 Å². The Hall–Kier alpha value is -3.00. The Morgan fingerprint density at radius 1 is 1.26 bits per heavy atom. The molecule has 162 valence electrons. The van der Waals surface area contributed by atoms with Crippen LogP contribution in [0.2, 0.25) is 5.02 Å². The lowest BCUT2D eigenvalue weighted by molar-refractivity contribution is 0.0540. The van der Waals surface area contributed by atoms with Gasteiger partial charge in [0.05, 0.1) is 34.7 Å². The molecule has 1 fully saturated rings. The Balaban J connectivity index is 1.62. The van der Waals surface area contributed by atoms with E-state index in [4.69, 9.17) is 11.6 Å². The van der Waals surface area contributed by atoms with E-state index < -0.39 is 0 Å². The number of pyridine rings is 1. The lowest BCUT2D eigenvalue weighted by Crippen LogP contribution is -2.51. The fraction of sp³-hybridized carbons (Fsp3) is 0.409. The zero-order chi connectivity index (χ0) is 22.0. The number of rotatable bonds is 5. The second-order valence-electron chi connectivity index (χ2n) is 8.00. The molecule has 1 aliphatic rings. The first-order valence-electron chi connectivity index (χ1n) is 10.4. The molecule has 1 aliphatic heterocycles. The molecule has 0 saturated carbocycles. The number of hydrogen-bond acceptors (Lipinski definition) is 6. The summed E-state index contributed by atoms with van der Waals surface area (Å²) in [6.45, 7) is 5.37. The number of carbonyl (C=O) groups is 1. The number of nitrogens with zero attached hydrogens (tertiary/aromatic N) is 6. The summed E-state index contributed by atoms with van der Waals surface area (Å²) in [5.41, 5.74) is 3.12. The van der Waals surface area contributed by atoms with Gasteiger partial charge in [-0.3, -0.25) is 14.5 Å². The highest BCUT2D eigenvalue weighted by Crippen LogP contribution is 2.29. The number of carbonyl (C=O) groups excluding carboxylic acids is 1. The zero-order valence-electron chi connectivity index (χ0n) is 17.9. The molecule has 1 saturated heterocycles. The van der Waals surface area contributed by atoms with Gasteiger partial charge in [-0.25, -0.2) is 9.97 Å². The van der Waals surface area contributed by atoms with E-state index in [9.17, 15) is 4.79 Å². The molecule has 9 heteroatoms. The van der Waals surface area contributed by atoms with Gasteiger partial charge in [-0.2, -0.15) is 5.10 Å². The predicted octanol–water partition coefficient (Wildman–Crippen LogP) is 3.59. The highest BCUT2D eigenvalue weighted by Gasteiger charge is 2.33. The Bertz CT molecular complexity index is 1070. The van der Waals surface area contributed by atoms with E-state index in [1.807, 2.05) is 31.0 Å². The van der Waals surface area contributed by atoms with Gasteiger partial charge in [0.2, 0.25) is 5.95 Å². The van der Waals surface area contributed by atoms with Crippen molar-refractivity contribution in [1.29, 1.82) is 0 Å². The van der Waals surface area contributed by atoms with E-state index in [-0.39, 0.29) is 11.9 Å². The molecule has 3 aromatic heterocycles. The molecule has 0 spiro atoms. The molecule has 31 heavy (non-hydrogen) atoms. The van der Waals surface area contributed by atoms with Crippen molar-refractivity contribution in [3.8, 4) is 11.3 Å². The van der Waals surface area contributed by atoms with Crippen LogP contribution in [-0.4, -0.2) is 54.7 Å². The topological polar surface area (TPSA) is 88.8 Å². The first-order valence-corrected chi connectivity index (χ1v) is 10.8. The Morgan fingerprint density at radius 3 is 2.74 bits per heavy atom. The second-order valence-corrected chi connectivity index (χ2v) is 8.44. The maximum absolute atomic E-state index is 13.8. The van der Waals surface area contributed by atoms with Gasteiger partial charge >= 0.3 is 0 Å². The van der Waals surface area contributed by atoms with Crippen molar-refractivity contribution in [2.45, 2.75) is 32.7 Å². The third-order valence-electron chi connectivity index (χ3n) is 5.83. The summed E-state index contributed by atoms with van der Waals surface area (Å²) >= 11 is 5.88. The Labute approximate surface area is 186 Å². The first-order chi connectivity index (χ1) is 14.9. The number of aryl methyl sites for hydroxylation is 2. The van der Waals surface area contributed by atoms with Crippen molar-refractivity contribution in [2.24, 2.45) is 13.0 Å². The van der Waals surface area contributed by atoms with Crippen LogP contribution in [0.4, 0.5) is 5.95 Å². The third kappa shape index (κ3) is 4.54. The fourth-order valence-corrected chi connectivity index (χ4v) is 4.24. The highest BCUT2D eigenvalue weighted by atomic mass is 35.5. The summed E-state index contributed by atoms with van der Waals surface area (Å²) in [6, 6.07) is 3.80. The van der Waals surface area contributed by atoms with Gasteiger partial charge in [-0.05, 0) is 37.8 Å². The molecule has 2 atom stereocenters. The summed E-state index contributed by atoms with van der Waals surface area (Å²) in [4.78, 5) is 28.6. The van der Waals surface area contributed by atoms with E-state index in [0.717, 1.165) is 29.8 Å². The number of anilines is 1. The van der Waals surface area contributed by atoms with Crippen LogP contribution in [0.1, 0.15) is 35.8 Å². The minimum absolute atomic E-state index is 0.0112. The van der Waals surface area contributed by atoms with E-state index in [0.29, 0.717) is 35.5 Å². The van der Waals surface area contributed by atoms with E-state index in [1.54, 1.807) is 29.5 Å². The molecule has 0 aliphatic carbocycles. The number of halogens is 1. The highest BCUT2D eigenvalue weighted by molar-refractivity contribution is 6.30. The van der Waals surface area contributed by atoms with Crippen molar-refractivity contribution in [3.05, 3.63) is 53.2 Å². The molecule has 4 heterocycles. The van der Waals surface area contributed by atoms with Gasteiger partial charge in [0.1, 0.15) is 0 Å². The molecule has 8 nitrogen and oxygen atoms in total. The number of amides is 1. The predicted molar refractivity (Wildman–Crippen MR) is 120 cm³/mol. The molecule has 0 radical (unpaired) electrons. The molecule has 4 rings (SSSR count). The number of aromatic nitrogens is 5. The quantitative estimate of drug-likeness (QED) is 0.653. The lowest BCUT2D eigenvalue weighted by atomic mass is 9.89. The average Bonchev–Trinajstić information content (AvgIpc) is 3.19. The van der Waals surface area contributed by atoms with Crippen LogP contribution in [0.5, 0.6) is 0 Å². The van der Waals surface area contributed by atoms with E-state index in [2.05, 4.69) is 32.3 Å². The molecular weight excluding hydrogens is 414 g/mol. The second kappa shape index (κ2) is 9.01. The minimum atomic E-state index is 0.0112. The number of hydrogen-bond donors (Lipinski definition) is 1. The maximum Gasteiger partial charge on any atom is 0.254 e. The molecule has 1 N–H and O–H groups in total. The molecule has 1 amide bonds. The van der Waals surface area contributed by atoms with Crippen molar-refractivity contribution in [3.63, 3.8) is 0 Å². The summed E-state index contributed by atoms with van der Waals surface area (Å²) in [6.07, 6.45) is 8.66.